The Morgan fingerprint density at radius 3 is 2.58 bits per heavy atom. The number of halogens is 4. The van der Waals surface area contributed by atoms with Gasteiger partial charge in [-0.15, -0.1) is 0 Å². The topological polar surface area (TPSA) is 80.0 Å². The van der Waals surface area contributed by atoms with Crippen LogP contribution in [0.4, 0.5) is 24.5 Å². The first-order valence-corrected chi connectivity index (χ1v) is 8.63. The number of aromatic nitrogens is 1. The van der Waals surface area contributed by atoms with Crippen LogP contribution < -0.4 is 16.4 Å². The van der Waals surface area contributed by atoms with Crippen molar-refractivity contribution in [2.45, 2.75) is 31.1 Å². The SMILES string of the molecule is NC1(C(=O)NCc2ccc(Nc3ccc(Br)cc3C(F)(F)F)cn2)CC1. The van der Waals surface area contributed by atoms with E-state index in [1.807, 2.05) is 0 Å². The Balaban J connectivity index is 1.67. The molecular formula is C17H16BrF3N4O. The molecule has 1 fully saturated rings. The molecular weight excluding hydrogens is 413 g/mol. The van der Waals surface area contributed by atoms with E-state index in [0.717, 1.165) is 6.07 Å². The third kappa shape index (κ3) is 4.34. The highest BCUT2D eigenvalue weighted by Gasteiger charge is 2.45. The predicted octanol–water partition coefficient (Wildman–Crippen LogP) is 3.71. The lowest BCUT2D eigenvalue weighted by molar-refractivity contribution is -0.137. The van der Waals surface area contributed by atoms with Gasteiger partial charge in [-0.2, -0.15) is 13.2 Å². The monoisotopic (exact) mass is 428 g/mol. The Morgan fingerprint density at radius 2 is 2.00 bits per heavy atom. The molecule has 2 aromatic rings. The van der Waals surface area contributed by atoms with Crippen molar-refractivity contribution >= 4 is 33.2 Å². The summed E-state index contributed by atoms with van der Waals surface area (Å²) in [6.45, 7) is 0.212. The summed E-state index contributed by atoms with van der Waals surface area (Å²) in [5.41, 5.74) is 5.18. The Kier molecular flexibility index (Phi) is 4.94. The zero-order valence-corrected chi connectivity index (χ0v) is 15.1. The summed E-state index contributed by atoms with van der Waals surface area (Å²) in [5.74, 6) is -0.216. The first-order valence-electron chi connectivity index (χ1n) is 7.83. The Labute approximate surface area is 156 Å². The molecule has 138 valence electrons. The number of nitrogens with two attached hydrogens (primary N) is 1. The molecule has 1 heterocycles. The minimum Gasteiger partial charge on any atom is -0.354 e. The maximum absolute atomic E-state index is 13.1. The minimum atomic E-state index is -4.48. The molecule has 4 N–H and O–H groups in total. The molecule has 1 aliphatic carbocycles. The molecule has 1 aliphatic rings. The van der Waals surface area contributed by atoms with Gasteiger partial charge in [0.05, 0.1) is 40.9 Å². The lowest BCUT2D eigenvalue weighted by Gasteiger charge is -2.15. The average molecular weight is 429 g/mol. The molecule has 0 unspecified atom stereocenters. The highest BCUT2D eigenvalue weighted by molar-refractivity contribution is 9.10. The van der Waals surface area contributed by atoms with Crippen LogP contribution in [0.3, 0.4) is 0 Å². The van der Waals surface area contributed by atoms with Crippen LogP contribution in [0, 0.1) is 0 Å². The number of benzene rings is 1. The standard InChI is InChI=1S/C17H16BrF3N4O/c18-10-1-4-14(13(7-10)17(19,20)21)25-12-3-2-11(23-9-12)8-24-15(26)16(22)5-6-16/h1-4,7,9,25H,5-6,8,22H2,(H,24,26). The summed E-state index contributed by atoms with van der Waals surface area (Å²) < 4.78 is 39.8. The fourth-order valence-corrected chi connectivity index (χ4v) is 2.69. The summed E-state index contributed by atoms with van der Waals surface area (Å²) in [5, 5.41) is 5.43. The molecule has 0 spiro atoms. The molecule has 1 amide bonds. The van der Waals surface area contributed by atoms with Crippen LogP contribution in [0.5, 0.6) is 0 Å². The lowest BCUT2D eigenvalue weighted by Crippen LogP contribution is -2.42. The second kappa shape index (κ2) is 6.88. The second-order valence-electron chi connectivity index (χ2n) is 6.19. The zero-order valence-electron chi connectivity index (χ0n) is 13.5. The van der Waals surface area contributed by atoms with Gasteiger partial charge in [0, 0.05) is 4.47 Å². The van der Waals surface area contributed by atoms with E-state index in [-0.39, 0.29) is 18.1 Å². The van der Waals surface area contributed by atoms with Gasteiger partial charge in [0.15, 0.2) is 0 Å². The predicted molar refractivity (Wildman–Crippen MR) is 94.7 cm³/mol. The van der Waals surface area contributed by atoms with E-state index < -0.39 is 17.3 Å². The molecule has 0 aliphatic heterocycles. The fourth-order valence-electron chi connectivity index (χ4n) is 2.33. The van der Waals surface area contributed by atoms with Gasteiger partial charge in [0.25, 0.3) is 0 Å². The number of nitrogens with one attached hydrogen (secondary N) is 2. The molecule has 3 rings (SSSR count). The van der Waals surface area contributed by atoms with Crippen LogP contribution in [0.15, 0.2) is 41.0 Å². The Bertz CT molecular complexity index is 820. The first-order chi connectivity index (χ1) is 12.2. The average Bonchev–Trinajstić information content (AvgIpc) is 3.33. The van der Waals surface area contributed by atoms with Crippen molar-refractivity contribution in [3.63, 3.8) is 0 Å². The number of hydrogen-bond acceptors (Lipinski definition) is 4. The van der Waals surface area contributed by atoms with Gasteiger partial charge in [0.2, 0.25) is 5.91 Å². The number of anilines is 2. The molecule has 0 saturated heterocycles. The van der Waals surface area contributed by atoms with Crippen LogP contribution in [-0.4, -0.2) is 16.4 Å². The van der Waals surface area contributed by atoms with Gasteiger partial charge >= 0.3 is 6.18 Å². The molecule has 1 aromatic heterocycles. The molecule has 0 atom stereocenters. The zero-order chi connectivity index (χ0) is 18.9. The lowest BCUT2D eigenvalue weighted by atomic mass is 10.1. The van der Waals surface area contributed by atoms with Crippen molar-refractivity contribution in [2.75, 3.05) is 5.32 Å². The number of alkyl halides is 3. The number of nitrogens with zero attached hydrogens (tertiary/aromatic N) is 1. The van der Waals surface area contributed by atoms with Crippen molar-refractivity contribution in [1.29, 1.82) is 0 Å². The highest BCUT2D eigenvalue weighted by Crippen LogP contribution is 2.37. The summed E-state index contributed by atoms with van der Waals surface area (Å²) in [4.78, 5) is 15.9. The quantitative estimate of drug-likeness (QED) is 0.677. The minimum absolute atomic E-state index is 0.0673. The Hall–Kier alpha value is -2.13. The van der Waals surface area contributed by atoms with Gasteiger partial charge in [-0.3, -0.25) is 9.78 Å². The van der Waals surface area contributed by atoms with Crippen LogP contribution in [0.25, 0.3) is 0 Å². The number of carbonyl (C=O) groups excluding carboxylic acids is 1. The number of hydrogen-bond donors (Lipinski definition) is 3. The van der Waals surface area contributed by atoms with E-state index in [2.05, 4.69) is 31.5 Å². The molecule has 26 heavy (non-hydrogen) atoms. The maximum atomic E-state index is 13.1. The molecule has 1 aromatic carbocycles. The van der Waals surface area contributed by atoms with Gasteiger partial charge in [0.1, 0.15) is 0 Å². The number of carbonyl (C=O) groups is 1. The summed E-state index contributed by atoms with van der Waals surface area (Å²) in [7, 11) is 0. The van der Waals surface area contributed by atoms with E-state index in [1.54, 1.807) is 12.1 Å². The van der Waals surface area contributed by atoms with Gasteiger partial charge in [-0.25, -0.2) is 0 Å². The number of rotatable bonds is 5. The molecule has 5 nitrogen and oxygen atoms in total. The molecule has 0 radical (unpaired) electrons. The van der Waals surface area contributed by atoms with Gasteiger partial charge in [-0.05, 0) is 43.2 Å². The van der Waals surface area contributed by atoms with Crippen LogP contribution >= 0.6 is 15.9 Å². The Morgan fingerprint density at radius 1 is 1.27 bits per heavy atom. The van der Waals surface area contributed by atoms with Crippen LogP contribution in [0.2, 0.25) is 0 Å². The summed E-state index contributed by atoms with van der Waals surface area (Å²) >= 11 is 3.05. The van der Waals surface area contributed by atoms with Crippen molar-refractivity contribution in [3.05, 3.63) is 52.3 Å². The van der Waals surface area contributed by atoms with Gasteiger partial charge < -0.3 is 16.4 Å². The second-order valence-corrected chi connectivity index (χ2v) is 7.11. The molecule has 0 bridgehead atoms. The van der Waals surface area contributed by atoms with Crippen LogP contribution in [-0.2, 0) is 17.5 Å². The maximum Gasteiger partial charge on any atom is 0.418 e. The van der Waals surface area contributed by atoms with Crippen molar-refractivity contribution in [1.82, 2.24) is 10.3 Å². The van der Waals surface area contributed by atoms with E-state index in [0.29, 0.717) is 28.7 Å². The van der Waals surface area contributed by atoms with Crippen molar-refractivity contribution in [2.24, 2.45) is 5.73 Å². The summed E-state index contributed by atoms with van der Waals surface area (Å²) in [6.07, 6.45) is -1.72. The molecule has 9 heteroatoms. The largest absolute Gasteiger partial charge is 0.418 e. The van der Waals surface area contributed by atoms with E-state index >= 15 is 0 Å². The van der Waals surface area contributed by atoms with Crippen molar-refractivity contribution < 1.29 is 18.0 Å². The third-order valence-corrected chi connectivity index (χ3v) is 4.55. The normalized spacial score (nSPS) is 15.4. The highest BCUT2D eigenvalue weighted by atomic mass is 79.9. The third-order valence-electron chi connectivity index (χ3n) is 4.06. The summed E-state index contributed by atoms with van der Waals surface area (Å²) in [6, 6.07) is 7.11. The number of pyridine rings is 1. The van der Waals surface area contributed by atoms with E-state index in [1.165, 1.54) is 18.3 Å². The van der Waals surface area contributed by atoms with Crippen LogP contribution in [0.1, 0.15) is 24.1 Å². The smallest absolute Gasteiger partial charge is 0.354 e. The molecule has 1 saturated carbocycles. The van der Waals surface area contributed by atoms with E-state index in [9.17, 15) is 18.0 Å². The number of amides is 1. The van der Waals surface area contributed by atoms with Crippen molar-refractivity contribution in [3.8, 4) is 0 Å². The fraction of sp³-hybridized carbons (Fsp3) is 0.294. The van der Waals surface area contributed by atoms with Gasteiger partial charge in [-0.1, -0.05) is 15.9 Å². The first kappa shape index (κ1) is 18.7. The van der Waals surface area contributed by atoms with E-state index in [4.69, 9.17) is 5.73 Å².